The van der Waals surface area contributed by atoms with Gasteiger partial charge in [0.15, 0.2) is 6.61 Å². The van der Waals surface area contributed by atoms with Crippen LogP contribution in [0.1, 0.15) is 18.1 Å². The van der Waals surface area contributed by atoms with Gasteiger partial charge in [-0.3, -0.25) is 9.59 Å². The van der Waals surface area contributed by atoms with E-state index in [2.05, 4.69) is 10.4 Å². The van der Waals surface area contributed by atoms with Crippen molar-refractivity contribution in [1.82, 2.24) is 0 Å². The summed E-state index contributed by atoms with van der Waals surface area (Å²) in [5.41, 5.74) is 4.63. The Labute approximate surface area is 186 Å². The van der Waals surface area contributed by atoms with Gasteiger partial charge in [-0.2, -0.15) is 10.1 Å². The second-order valence-corrected chi connectivity index (χ2v) is 7.47. The normalized spacial score (nSPS) is 14.4. The van der Waals surface area contributed by atoms with E-state index in [1.165, 1.54) is 5.01 Å². The van der Waals surface area contributed by atoms with Crippen LogP contribution in [0.3, 0.4) is 0 Å². The molecule has 0 spiro atoms. The first kappa shape index (κ1) is 21.1. The van der Waals surface area contributed by atoms with Crippen LogP contribution in [0.15, 0.2) is 89.5 Å². The second kappa shape index (κ2) is 9.31. The quantitative estimate of drug-likeness (QED) is 0.576. The smallest absolute Gasteiger partial charge is 0.280 e. The highest BCUT2D eigenvalue weighted by Gasteiger charge is 2.28. The van der Waals surface area contributed by atoms with E-state index in [1.54, 1.807) is 18.2 Å². The Morgan fingerprint density at radius 1 is 0.969 bits per heavy atom. The van der Waals surface area contributed by atoms with Gasteiger partial charge in [-0.15, -0.1) is 0 Å². The Hall–Kier alpha value is -4.19. The van der Waals surface area contributed by atoms with Crippen molar-refractivity contribution in [3.63, 3.8) is 0 Å². The lowest BCUT2D eigenvalue weighted by Crippen LogP contribution is -2.21. The standard InChI is InChI=1S/C26H23N3O3/c1-18-8-12-21(13-9-18)27-25(30)17-32-23-14-10-20(11-15-23)16-24-19(2)28-29(26(24)31)22-6-4-3-5-7-22/h3-16H,17H2,1-2H3,(H,27,30)/b24-16-. The Morgan fingerprint density at radius 3 is 2.34 bits per heavy atom. The van der Waals surface area contributed by atoms with Crippen molar-refractivity contribution in [2.45, 2.75) is 13.8 Å². The van der Waals surface area contributed by atoms with Gasteiger partial charge in [0.05, 0.1) is 17.0 Å². The number of anilines is 2. The van der Waals surface area contributed by atoms with Crippen LogP contribution in [-0.4, -0.2) is 24.1 Å². The number of para-hydroxylation sites is 1. The van der Waals surface area contributed by atoms with Crippen LogP contribution in [-0.2, 0) is 9.59 Å². The van der Waals surface area contributed by atoms with Crippen molar-refractivity contribution in [3.05, 3.63) is 95.6 Å². The molecule has 6 heteroatoms. The highest BCUT2D eigenvalue weighted by Crippen LogP contribution is 2.25. The molecule has 1 aliphatic rings. The van der Waals surface area contributed by atoms with Crippen LogP contribution in [0.5, 0.6) is 5.75 Å². The number of ether oxygens (including phenoxy) is 1. The van der Waals surface area contributed by atoms with Gasteiger partial charge in [0, 0.05) is 5.69 Å². The van der Waals surface area contributed by atoms with Crippen LogP contribution in [0.4, 0.5) is 11.4 Å². The van der Waals surface area contributed by atoms with Crippen molar-refractivity contribution < 1.29 is 14.3 Å². The zero-order valence-corrected chi connectivity index (χ0v) is 17.9. The fourth-order valence-corrected chi connectivity index (χ4v) is 3.24. The minimum absolute atomic E-state index is 0.0927. The average molecular weight is 425 g/mol. The number of carbonyl (C=O) groups excluding carboxylic acids is 2. The molecule has 1 N–H and O–H groups in total. The molecule has 0 aliphatic carbocycles. The number of carbonyl (C=O) groups is 2. The van der Waals surface area contributed by atoms with Crippen LogP contribution in [0.25, 0.3) is 6.08 Å². The lowest BCUT2D eigenvalue weighted by atomic mass is 10.1. The van der Waals surface area contributed by atoms with Crippen molar-refractivity contribution in [1.29, 1.82) is 0 Å². The van der Waals surface area contributed by atoms with Crippen molar-refractivity contribution in [2.75, 3.05) is 16.9 Å². The molecule has 0 saturated heterocycles. The molecule has 32 heavy (non-hydrogen) atoms. The zero-order chi connectivity index (χ0) is 22.5. The minimum atomic E-state index is -0.232. The number of hydrazone groups is 1. The van der Waals surface area contributed by atoms with Gasteiger partial charge in [0.25, 0.3) is 11.8 Å². The number of amides is 2. The van der Waals surface area contributed by atoms with Gasteiger partial charge in [0.2, 0.25) is 0 Å². The maximum absolute atomic E-state index is 12.8. The Bertz CT molecular complexity index is 1180. The molecule has 3 aromatic rings. The van der Waals surface area contributed by atoms with E-state index in [-0.39, 0.29) is 18.4 Å². The third-order valence-corrected chi connectivity index (χ3v) is 4.96. The van der Waals surface area contributed by atoms with Crippen molar-refractivity contribution in [2.24, 2.45) is 5.10 Å². The first-order valence-electron chi connectivity index (χ1n) is 10.3. The number of aryl methyl sites for hydroxylation is 1. The van der Waals surface area contributed by atoms with E-state index >= 15 is 0 Å². The number of rotatable bonds is 6. The van der Waals surface area contributed by atoms with Gasteiger partial charge < -0.3 is 10.1 Å². The molecule has 160 valence electrons. The summed E-state index contributed by atoms with van der Waals surface area (Å²) in [6.45, 7) is 3.71. The first-order valence-corrected chi connectivity index (χ1v) is 10.3. The second-order valence-electron chi connectivity index (χ2n) is 7.47. The Kier molecular flexibility index (Phi) is 6.12. The lowest BCUT2D eigenvalue weighted by Gasteiger charge is -2.11. The van der Waals surface area contributed by atoms with Crippen LogP contribution in [0, 0.1) is 6.92 Å². The third-order valence-electron chi connectivity index (χ3n) is 4.96. The maximum Gasteiger partial charge on any atom is 0.280 e. The molecule has 6 nitrogen and oxygen atoms in total. The SMILES string of the molecule is CC1=NN(c2ccccc2)C(=O)/C1=C\c1ccc(OCC(=O)Nc2ccc(C)cc2)cc1. The van der Waals surface area contributed by atoms with Crippen LogP contribution in [0.2, 0.25) is 0 Å². The summed E-state index contributed by atoms with van der Waals surface area (Å²) in [5, 5.41) is 8.59. The molecule has 0 radical (unpaired) electrons. The molecule has 0 aromatic heterocycles. The third kappa shape index (κ3) is 4.92. The molecule has 3 aromatic carbocycles. The average Bonchev–Trinajstić information content (AvgIpc) is 3.09. The molecule has 1 heterocycles. The summed E-state index contributed by atoms with van der Waals surface area (Å²) in [6, 6.07) is 24.1. The van der Waals surface area contributed by atoms with E-state index in [1.807, 2.05) is 80.6 Å². The molecule has 0 atom stereocenters. The maximum atomic E-state index is 12.8. The van der Waals surface area contributed by atoms with Gasteiger partial charge >= 0.3 is 0 Å². The Morgan fingerprint density at radius 2 is 1.66 bits per heavy atom. The fraction of sp³-hybridized carbons (Fsp3) is 0.115. The molecule has 1 aliphatic heterocycles. The molecule has 2 amide bonds. The molecule has 4 rings (SSSR count). The van der Waals surface area contributed by atoms with Gasteiger partial charge in [-0.25, -0.2) is 0 Å². The Balaban J connectivity index is 1.37. The number of hydrogen-bond acceptors (Lipinski definition) is 4. The van der Waals surface area contributed by atoms with E-state index in [4.69, 9.17) is 4.74 Å². The fourth-order valence-electron chi connectivity index (χ4n) is 3.24. The molecule has 0 unspecified atom stereocenters. The number of nitrogens with zero attached hydrogens (tertiary/aromatic N) is 2. The van der Waals surface area contributed by atoms with Gasteiger partial charge in [0.1, 0.15) is 5.75 Å². The van der Waals surface area contributed by atoms with E-state index < -0.39 is 0 Å². The number of nitrogens with one attached hydrogen (secondary N) is 1. The predicted octanol–water partition coefficient (Wildman–Crippen LogP) is 4.82. The summed E-state index contributed by atoms with van der Waals surface area (Å²) in [6.07, 6.45) is 1.80. The summed E-state index contributed by atoms with van der Waals surface area (Å²) in [7, 11) is 0. The summed E-state index contributed by atoms with van der Waals surface area (Å²) in [5.74, 6) is 0.173. The molecule has 0 bridgehead atoms. The molecule has 0 fully saturated rings. The molecular formula is C26H23N3O3. The molecule has 0 saturated carbocycles. The monoisotopic (exact) mass is 425 g/mol. The van der Waals surface area contributed by atoms with Crippen LogP contribution < -0.4 is 15.1 Å². The summed E-state index contributed by atoms with van der Waals surface area (Å²) in [4.78, 5) is 24.9. The number of benzene rings is 3. The first-order chi connectivity index (χ1) is 15.5. The molecular weight excluding hydrogens is 402 g/mol. The number of hydrogen-bond donors (Lipinski definition) is 1. The van der Waals surface area contributed by atoms with Crippen molar-refractivity contribution >= 4 is 35.0 Å². The van der Waals surface area contributed by atoms with Crippen LogP contribution >= 0.6 is 0 Å². The summed E-state index contributed by atoms with van der Waals surface area (Å²) >= 11 is 0. The minimum Gasteiger partial charge on any atom is -0.484 e. The predicted molar refractivity (Wildman–Crippen MR) is 127 cm³/mol. The van der Waals surface area contributed by atoms with Gasteiger partial charge in [-0.05, 0) is 61.9 Å². The van der Waals surface area contributed by atoms with Gasteiger partial charge in [-0.1, -0.05) is 48.0 Å². The van der Waals surface area contributed by atoms with E-state index in [0.717, 1.165) is 22.5 Å². The zero-order valence-electron chi connectivity index (χ0n) is 17.9. The highest BCUT2D eigenvalue weighted by molar-refractivity contribution is 6.32. The highest BCUT2D eigenvalue weighted by atomic mass is 16.5. The summed E-state index contributed by atoms with van der Waals surface area (Å²) < 4.78 is 5.57. The van der Waals surface area contributed by atoms with Crippen molar-refractivity contribution in [3.8, 4) is 5.75 Å². The lowest BCUT2D eigenvalue weighted by molar-refractivity contribution is -0.118. The largest absolute Gasteiger partial charge is 0.484 e. The van der Waals surface area contributed by atoms with E-state index in [0.29, 0.717) is 17.0 Å². The topological polar surface area (TPSA) is 71.0 Å². The van der Waals surface area contributed by atoms with E-state index in [9.17, 15) is 9.59 Å².